The third-order valence-electron chi connectivity index (χ3n) is 12.6. The summed E-state index contributed by atoms with van der Waals surface area (Å²) in [7, 11) is 0. The first-order chi connectivity index (χ1) is 32.1. The first-order valence-corrected chi connectivity index (χ1v) is 21.8. The van der Waals surface area contributed by atoms with Gasteiger partial charge < -0.3 is 14.0 Å². The number of hydrogen-bond acceptors (Lipinski definition) is 3. The lowest BCUT2D eigenvalue weighted by molar-refractivity contribution is 1.06. The molecule has 0 aliphatic heterocycles. The molecule has 65 heavy (non-hydrogen) atoms. The Morgan fingerprint density at radius 2 is 1.00 bits per heavy atom. The van der Waals surface area contributed by atoms with Gasteiger partial charge in [-0.05, 0) is 107 Å². The van der Waals surface area contributed by atoms with Crippen LogP contribution in [0.4, 0.5) is 11.4 Å². The van der Waals surface area contributed by atoms with Gasteiger partial charge in [-0.25, -0.2) is 0 Å². The topological polar surface area (TPSA) is 60.7 Å². The predicted molar refractivity (Wildman–Crippen MR) is 270 cm³/mol. The van der Waals surface area contributed by atoms with Crippen molar-refractivity contribution < 1.29 is 0 Å². The van der Waals surface area contributed by atoms with E-state index in [1.54, 1.807) is 0 Å². The van der Waals surface area contributed by atoms with Gasteiger partial charge in [0.05, 0.1) is 45.8 Å². The number of benzene rings is 9. The van der Waals surface area contributed by atoms with E-state index in [0.29, 0.717) is 11.3 Å². The first-order valence-electron chi connectivity index (χ1n) is 21.8. The lowest BCUT2D eigenvalue weighted by atomic mass is 10.0. The highest BCUT2D eigenvalue weighted by Crippen LogP contribution is 2.41. The van der Waals surface area contributed by atoms with Gasteiger partial charge in [-0.15, -0.1) is 0 Å². The molecule has 0 spiro atoms. The number of para-hydroxylation sites is 2. The van der Waals surface area contributed by atoms with Crippen LogP contribution in [0.5, 0.6) is 0 Å². The van der Waals surface area contributed by atoms with Crippen LogP contribution in [-0.2, 0) is 0 Å². The summed E-state index contributed by atoms with van der Waals surface area (Å²) in [6, 6.07) is 79.1. The zero-order chi connectivity index (χ0) is 43.9. The van der Waals surface area contributed by atoms with Gasteiger partial charge >= 0.3 is 0 Å². The van der Waals surface area contributed by atoms with Crippen molar-refractivity contribution in [3.05, 3.63) is 230 Å². The van der Waals surface area contributed by atoms with Crippen molar-refractivity contribution in [1.29, 1.82) is 10.5 Å². The SMILES string of the molecule is C/C(=C\C(C#N)=C(/CC#N)N(c1ccc(-c2ccccc2)cc1)c1ccc(-c2ccccc2)cc1)n1c2ccc(-n3c4ccccc4c4ccccc43)cc2c2c3ccccc3ccc21. The van der Waals surface area contributed by atoms with Gasteiger partial charge in [0.1, 0.15) is 6.07 Å². The largest absolute Gasteiger partial charge is 0.313 e. The second-order valence-corrected chi connectivity index (χ2v) is 16.3. The first kappa shape index (κ1) is 39.0. The number of hydrogen-bond donors (Lipinski definition) is 0. The zero-order valence-corrected chi connectivity index (χ0v) is 35.7. The van der Waals surface area contributed by atoms with E-state index >= 15 is 0 Å². The maximum Gasteiger partial charge on any atom is 0.101 e. The van der Waals surface area contributed by atoms with E-state index in [4.69, 9.17) is 0 Å². The highest BCUT2D eigenvalue weighted by Gasteiger charge is 2.22. The molecule has 5 nitrogen and oxygen atoms in total. The molecule has 0 bridgehead atoms. The highest BCUT2D eigenvalue weighted by atomic mass is 15.2. The molecule has 0 atom stereocenters. The van der Waals surface area contributed by atoms with E-state index in [0.717, 1.165) is 88.6 Å². The molecular formula is C60H41N5. The van der Waals surface area contributed by atoms with E-state index in [1.165, 1.54) is 10.8 Å². The molecule has 0 unspecified atom stereocenters. The molecule has 306 valence electrons. The second-order valence-electron chi connectivity index (χ2n) is 16.3. The van der Waals surface area contributed by atoms with Crippen molar-refractivity contribution in [2.24, 2.45) is 0 Å². The van der Waals surface area contributed by atoms with Gasteiger partial charge in [0.25, 0.3) is 0 Å². The molecule has 0 saturated heterocycles. The third kappa shape index (κ3) is 6.80. The number of anilines is 2. The summed E-state index contributed by atoms with van der Waals surface area (Å²) < 4.78 is 4.63. The minimum absolute atomic E-state index is 0.00744. The number of allylic oxidation sites excluding steroid dienone is 4. The van der Waals surface area contributed by atoms with Gasteiger partial charge in [0, 0.05) is 44.3 Å². The van der Waals surface area contributed by atoms with Crippen molar-refractivity contribution in [2.75, 3.05) is 4.90 Å². The third-order valence-corrected chi connectivity index (χ3v) is 12.6. The number of rotatable bonds is 9. The molecule has 11 rings (SSSR count). The Labute approximate surface area is 377 Å². The minimum Gasteiger partial charge on any atom is -0.313 e. The molecule has 5 heteroatoms. The molecule has 0 amide bonds. The van der Waals surface area contributed by atoms with E-state index in [2.05, 4.69) is 209 Å². The molecule has 0 N–H and O–H groups in total. The number of aromatic nitrogens is 2. The molecular weight excluding hydrogens is 791 g/mol. The fraction of sp³-hybridized carbons (Fsp3) is 0.0333. The molecule has 0 saturated carbocycles. The minimum atomic E-state index is 0.00744. The molecule has 2 heterocycles. The Kier molecular flexibility index (Phi) is 9.85. The summed E-state index contributed by atoms with van der Waals surface area (Å²) in [5, 5.41) is 28.7. The van der Waals surface area contributed by atoms with Crippen LogP contribution in [-0.4, -0.2) is 9.13 Å². The van der Waals surface area contributed by atoms with E-state index in [1.807, 2.05) is 42.5 Å². The van der Waals surface area contributed by atoms with Crippen LogP contribution in [0, 0.1) is 22.7 Å². The highest BCUT2D eigenvalue weighted by molar-refractivity contribution is 6.22. The van der Waals surface area contributed by atoms with Crippen LogP contribution in [0.15, 0.2) is 230 Å². The second kappa shape index (κ2) is 16.4. The van der Waals surface area contributed by atoms with Crippen LogP contribution in [0.25, 0.3) is 88.0 Å². The number of nitriles is 2. The van der Waals surface area contributed by atoms with Crippen molar-refractivity contribution in [3.63, 3.8) is 0 Å². The van der Waals surface area contributed by atoms with Crippen molar-refractivity contribution in [3.8, 4) is 40.1 Å². The summed E-state index contributed by atoms with van der Waals surface area (Å²) in [4.78, 5) is 2.06. The van der Waals surface area contributed by atoms with Crippen LogP contribution in [0.3, 0.4) is 0 Å². The average molecular weight is 832 g/mol. The summed E-state index contributed by atoms with van der Waals surface area (Å²) in [5.74, 6) is 0. The van der Waals surface area contributed by atoms with Crippen LogP contribution in [0.2, 0.25) is 0 Å². The molecule has 2 aromatic heterocycles. The number of fused-ring (bicyclic) bond motifs is 8. The summed E-state index contributed by atoms with van der Waals surface area (Å²) in [5.41, 5.74) is 13.4. The molecule has 0 fully saturated rings. The summed E-state index contributed by atoms with van der Waals surface area (Å²) in [6.45, 7) is 2.06. The van der Waals surface area contributed by atoms with E-state index < -0.39 is 0 Å². The van der Waals surface area contributed by atoms with E-state index in [9.17, 15) is 10.5 Å². The lowest BCUT2D eigenvalue weighted by Crippen LogP contribution is -2.18. The molecule has 0 radical (unpaired) electrons. The standard InChI is InChI=1S/C60H41N5/c1-41(38-47(40-62)55(36-37-61)64(48-29-24-44(25-30-48)42-14-4-2-5-15-42)49-31-26-45(27-32-49)43-16-6-3-7-17-43)63-58-35-33-50(39-54(58)60-51-19-9-8-18-46(51)28-34-59(60)63)65-56-22-12-10-20-52(56)53-21-11-13-23-57(53)65/h2-35,38-39H,36H2,1H3/b41-38+,55-47-. The quantitative estimate of drug-likeness (QED) is 0.108. The maximum absolute atomic E-state index is 11.2. The van der Waals surface area contributed by atoms with Crippen LogP contribution in [0.1, 0.15) is 13.3 Å². The number of nitrogens with zero attached hydrogens (tertiary/aromatic N) is 5. The maximum atomic E-state index is 11.2. The van der Waals surface area contributed by atoms with Crippen LogP contribution < -0.4 is 4.90 Å². The van der Waals surface area contributed by atoms with Gasteiger partial charge in [0.15, 0.2) is 0 Å². The lowest BCUT2D eigenvalue weighted by Gasteiger charge is -2.28. The molecule has 0 aliphatic carbocycles. The Bertz CT molecular complexity index is 3610. The van der Waals surface area contributed by atoms with E-state index in [-0.39, 0.29) is 6.42 Å². The molecule has 11 aromatic rings. The van der Waals surface area contributed by atoms with Gasteiger partial charge in [-0.3, -0.25) is 0 Å². The fourth-order valence-corrected chi connectivity index (χ4v) is 9.65. The van der Waals surface area contributed by atoms with Gasteiger partial charge in [0.2, 0.25) is 0 Å². The normalized spacial score (nSPS) is 12.1. The smallest absolute Gasteiger partial charge is 0.101 e. The molecule has 9 aromatic carbocycles. The summed E-state index contributed by atoms with van der Waals surface area (Å²) >= 11 is 0. The van der Waals surface area contributed by atoms with Crippen LogP contribution >= 0.6 is 0 Å². The van der Waals surface area contributed by atoms with Crippen molar-refractivity contribution in [1.82, 2.24) is 9.13 Å². The van der Waals surface area contributed by atoms with Crippen molar-refractivity contribution >= 4 is 71.5 Å². The zero-order valence-electron chi connectivity index (χ0n) is 35.7. The predicted octanol–water partition coefficient (Wildman–Crippen LogP) is 15.8. The summed E-state index contributed by atoms with van der Waals surface area (Å²) in [6.07, 6.45) is 1.96. The Morgan fingerprint density at radius 3 is 1.57 bits per heavy atom. The Hall–Kier alpha value is -8.90. The van der Waals surface area contributed by atoms with Gasteiger partial charge in [-0.2, -0.15) is 10.5 Å². The average Bonchev–Trinajstić information content (AvgIpc) is 3.89. The van der Waals surface area contributed by atoms with Gasteiger partial charge in [-0.1, -0.05) is 152 Å². The Balaban J connectivity index is 1.11. The Morgan fingerprint density at radius 1 is 0.492 bits per heavy atom. The monoisotopic (exact) mass is 831 g/mol. The van der Waals surface area contributed by atoms with Crippen molar-refractivity contribution in [2.45, 2.75) is 13.3 Å². The molecule has 0 aliphatic rings. The fourth-order valence-electron chi connectivity index (χ4n) is 9.65.